The minimum Gasteiger partial charge on any atom is -0.344 e. The molecule has 2 heterocycles. The molecule has 2 aromatic heterocycles. The zero-order valence-corrected chi connectivity index (χ0v) is 18.9. The van der Waals surface area contributed by atoms with Gasteiger partial charge in [-0.15, -0.1) is 0 Å². The van der Waals surface area contributed by atoms with Crippen molar-refractivity contribution in [2.45, 2.75) is 6.42 Å². The van der Waals surface area contributed by atoms with E-state index >= 15 is 0 Å². The van der Waals surface area contributed by atoms with Crippen LogP contribution in [0.3, 0.4) is 0 Å². The summed E-state index contributed by atoms with van der Waals surface area (Å²) in [5.74, 6) is 0. The summed E-state index contributed by atoms with van der Waals surface area (Å²) in [7, 11) is 2.16. The molecule has 0 aliphatic heterocycles. The third-order valence-corrected chi connectivity index (χ3v) is 7.78. The van der Waals surface area contributed by atoms with Crippen LogP contribution in [0.1, 0.15) is 11.1 Å². The summed E-state index contributed by atoms with van der Waals surface area (Å²) in [6.07, 6.45) is 0.999. The van der Waals surface area contributed by atoms with Gasteiger partial charge in [0.1, 0.15) is 0 Å². The predicted molar refractivity (Wildman–Crippen MR) is 143 cm³/mol. The Morgan fingerprint density at radius 2 is 1.26 bits per heavy atom. The van der Waals surface area contributed by atoms with E-state index < -0.39 is 0 Å². The van der Waals surface area contributed by atoms with Crippen molar-refractivity contribution >= 4 is 43.6 Å². The van der Waals surface area contributed by atoms with Crippen LogP contribution in [0.4, 0.5) is 0 Å². The molecule has 5 aromatic carbocycles. The molecule has 2 nitrogen and oxygen atoms in total. The normalized spacial score (nSPS) is 12.7. The molecule has 0 amide bonds. The average Bonchev–Trinajstić information content (AvgIpc) is 3.52. The van der Waals surface area contributed by atoms with Crippen LogP contribution in [0.25, 0.3) is 60.4 Å². The Labute approximate surface area is 197 Å². The molecular formula is C32H22N2. The maximum Gasteiger partial charge on any atom is 0.0544 e. The zero-order chi connectivity index (χ0) is 22.4. The van der Waals surface area contributed by atoms with E-state index in [0.717, 1.165) is 6.42 Å². The SMILES string of the molecule is Cn1c2ccccc2c2cc(-n3c4ccccc4c4c5c(ccc43)-c3ccccc3C5)ccc21. The van der Waals surface area contributed by atoms with Gasteiger partial charge in [-0.25, -0.2) is 0 Å². The number of hydrogen-bond acceptors (Lipinski definition) is 0. The van der Waals surface area contributed by atoms with Gasteiger partial charge >= 0.3 is 0 Å². The van der Waals surface area contributed by atoms with Crippen molar-refractivity contribution in [2.24, 2.45) is 7.05 Å². The largest absolute Gasteiger partial charge is 0.344 e. The molecule has 8 rings (SSSR count). The van der Waals surface area contributed by atoms with E-state index in [4.69, 9.17) is 0 Å². The molecule has 0 saturated heterocycles. The van der Waals surface area contributed by atoms with Gasteiger partial charge in [0.25, 0.3) is 0 Å². The molecule has 0 N–H and O–H groups in total. The molecule has 0 radical (unpaired) electrons. The highest BCUT2D eigenvalue weighted by Gasteiger charge is 2.24. The van der Waals surface area contributed by atoms with Gasteiger partial charge in [-0.3, -0.25) is 0 Å². The number of aryl methyl sites for hydroxylation is 1. The summed E-state index contributed by atoms with van der Waals surface area (Å²) < 4.78 is 4.75. The number of fused-ring (bicyclic) bond motifs is 10. The summed E-state index contributed by atoms with van der Waals surface area (Å²) >= 11 is 0. The van der Waals surface area contributed by atoms with Gasteiger partial charge in [-0.2, -0.15) is 0 Å². The lowest BCUT2D eigenvalue weighted by Crippen LogP contribution is -1.94. The lowest BCUT2D eigenvalue weighted by Gasteiger charge is -2.10. The lowest BCUT2D eigenvalue weighted by atomic mass is 10.0. The van der Waals surface area contributed by atoms with Crippen LogP contribution in [-0.2, 0) is 13.5 Å². The minimum absolute atomic E-state index is 0.999. The smallest absolute Gasteiger partial charge is 0.0544 e. The minimum atomic E-state index is 0.999. The quantitative estimate of drug-likeness (QED) is 0.248. The van der Waals surface area contributed by atoms with Gasteiger partial charge in [0.15, 0.2) is 0 Å². The van der Waals surface area contributed by atoms with Crippen LogP contribution in [0.5, 0.6) is 0 Å². The molecule has 0 atom stereocenters. The maximum absolute atomic E-state index is 2.45. The molecular weight excluding hydrogens is 412 g/mol. The van der Waals surface area contributed by atoms with Crippen molar-refractivity contribution in [1.82, 2.24) is 9.13 Å². The highest BCUT2D eigenvalue weighted by atomic mass is 15.0. The van der Waals surface area contributed by atoms with Gasteiger partial charge in [0.2, 0.25) is 0 Å². The molecule has 0 bridgehead atoms. The fourth-order valence-corrected chi connectivity index (χ4v) is 6.27. The fourth-order valence-electron chi connectivity index (χ4n) is 6.27. The van der Waals surface area contributed by atoms with Crippen LogP contribution in [0.15, 0.2) is 103 Å². The zero-order valence-electron chi connectivity index (χ0n) is 18.9. The molecule has 34 heavy (non-hydrogen) atoms. The van der Waals surface area contributed by atoms with Crippen molar-refractivity contribution < 1.29 is 0 Å². The van der Waals surface area contributed by atoms with E-state index in [1.807, 2.05) is 0 Å². The van der Waals surface area contributed by atoms with Crippen LogP contribution >= 0.6 is 0 Å². The molecule has 1 aliphatic carbocycles. The van der Waals surface area contributed by atoms with Crippen molar-refractivity contribution in [2.75, 3.05) is 0 Å². The van der Waals surface area contributed by atoms with Crippen molar-refractivity contribution in [1.29, 1.82) is 0 Å². The molecule has 1 aliphatic rings. The number of nitrogens with zero attached hydrogens (tertiary/aromatic N) is 2. The molecule has 160 valence electrons. The second-order valence-electron chi connectivity index (χ2n) is 9.45. The van der Waals surface area contributed by atoms with Gasteiger partial charge in [0.05, 0.1) is 11.0 Å². The Morgan fingerprint density at radius 1 is 0.559 bits per heavy atom. The van der Waals surface area contributed by atoms with Gasteiger partial charge in [-0.1, -0.05) is 66.7 Å². The Kier molecular flexibility index (Phi) is 3.41. The van der Waals surface area contributed by atoms with E-state index in [2.05, 4.69) is 119 Å². The lowest BCUT2D eigenvalue weighted by molar-refractivity contribution is 1.01. The number of aromatic nitrogens is 2. The Bertz CT molecular complexity index is 1950. The van der Waals surface area contributed by atoms with Gasteiger partial charge in [0, 0.05) is 45.3 Å². The van der Waals surface area contributed by atoms with E-state index in [-0.39, 0.29) is 0 Å². The first-order valence-electron chi connectivity index (χ1n) is 11.9. The van der Waals surface area contributed by atoms with Crippen LogP contribution in [-0.4, -0.2) is 9.13 Å². The number of benzene rings is 5. The van der Waals surface area contributed by atoms with E-state index in [9.17, 15) is 0 Å². The van der Waals surface area contributed by atoms with Crippen LogP contribution in [0, 0.1) is 0 Å². The number of rotatable bonds is 1. The molecule has 0 unspecified atom stereocenters. The standard InChI is InChI=1S/C32H22N2/c1-33-28-12-6-4-10-24(28)26-19-21(14-16-29(26)33)34-30-13-7-5-11-25(30)32-27-18-20-8-2-3-9-22(20)23(27)15-17-31(32)34/h2-17,19H,18H2,1H3. The molecule has 0 spiro atoms. The third-order valence-electron chi connectivity index (χ3n) is 7.78. The first kappa shape index (κ1) is 18.2. The second kappa shape index (κ2) is 6.39. The monoisotopic (exact) mass is 434 g/mol. The summed E-state index contributed by atoms with van der Waals surface area (Å²) in [6.45, 7) is 0. The van der Waals surface area contributed by atoms with Gasteiger partial charge < -0.3 is 9.13 Å². The highest BCUT2D eigenvalue weighted by Crippen LogP contribution is 2.44. The number of para-hydroxylation sites is 2. The summed E-state index contributed by atoms with van der Waals surface area (Å²) in [6, 6.07) is 38.0. The summed E-state index contributed by atoms with van der Waals surface area (Å²) in [5.41, 5.74) is 12.0. The highest BCUT2D eigenvalue weighted by molar-refractivity contribution is 6.14. The summed E-state index contributed by atoms with van der Waals surface area (Å²) in [4.78, 5) is 0. The molecule has 0 fully saturated rings. The van der Waals surface area contributed by atoms with Crippen molar-refractivity contribution in [3.8, 4) is 16.8 Å². The summed E-state index contributed by atoms with van der Waals surface area (Å²) in [5, 5.41) is 5.33. The number of hydrogen-bond donors (Lipinski definition) is 0. The fraction of sp³-hybridized carbons (Fsp3) is 0.0625. The van der Waals surface area contributed by atoms with Crippen LogP contribution < -0.4 is 0 Å². The Morgan fingerprint density at radius 3 is 2.18 bits per heavy atom. The molecule has 0 saturated carbocycles. The van der Waals surface area contributed by atoms with E-state index in [0.29, 0.717) is 0 Å². The first-order chi connectivity index (χ1) is 16.8. The van der Waals surface area contributed by atoms with Crippen LogP contribution in [0.2, 0.25) is 0 Å². The predicted octanol–water partition coefficient (Wildman–Crippen LogP) is 8.00. The average molecular weight is 435 g/mol. The van der Waals surface area contributed by atoms with Gasteiger partial charge in [-0.05, 0) is 65.1 Å². The first-order valence-corrected chi connectivity index (χ1v) is 11.9. The topological polar surface area (TPSA) is 9.86 Å². The third kappa shape index (κ3) is 2.20. The molecule has 2 heteroatoms. The van der Waals surface area contributed by atoms with Crippen molar-refractivity contribution in [3.63, 3.8) is 0 Å². The Balaban J connectivity index is 1.48. The van der Waals surface area contributed by atoms with E-state index in [1.165, 1.54) is 71.6 Å². The Hall–Kier alpha value is -4.30. The molecule has 7 aromatic rings. The maximum atomic E-state index is 2.45. The van der Waals surface area contributed by atoms with Crippen molar-refractivity contribution in [3.05, 3.63) is 114 Å². The second-order valence-corrected chi connectivity index (χ2v) is 9.45. The van der Waals surface area contributed by atoms with E-state index in [1.54, 1.807) is 0 Å².